The van der Waals surface area contributed by atoms with E-state index in [1.54, 1.807) is 0 Å². The zero-order chi connectivity index (χ0) is 28.3. The van der Waals surface area contributed by atoms with E-state index in [-0.39, 0.29) is 0 Å². The Morgan fingerprint density at radius 1 is 0.488 bits per heavy atom. The molecule has 202 valence electrons. The molecule has 3 heterocycles. The van der Waals surface area contributed by atoms with Gasteiger partial charge in [-0.3, -0.25) is 4.90 Å². The van der Waals surface area contributed by atoms with E-state index in [1.807, 2.05) is 17.4 Å². The number of rotatable bonds is 4. The van der Waals surface area contributed by atoms with Gasteiger partial charge in [0.1, 0.15) is 11.4 Å². The summed E-state index contributed by atoms with van der Waals surface area (Å²) in [6.07, 6.45) is 0. The van der Waals surface area contributed by atoms with Gasteiger partial charge in [0.2, 0.25) is 5.71 Å². The molecule has 0 N–H and O–H groups in total. The first-order valence-corrected chi connectivity index (χ1v) is 15.2. The highest BCUT2D eigenvalue weighted by Crippen LogP contribution is 2.41. The van der Waals surface area contributed by atoms with Gasteiger partial charge in [-0.25, -0.2) is 0 Å². The van der Waals surface area contributed by atoms with Gasteiger partial charge in [-0.2, -0.15) is 4.98 Å². The third kappa shape index (κ3) is 3.99. The Balaban J connectivity index is 1.22. The minimum atomic E-state index is 0.636. The topological polar surface area (TPSA) is 29.3 Å². The Bertz CT molecular complexity index is 2460. The van der Waals surface area contributed by atoms with Crippen molar-refractivity contribution in [2.24, 2.45) is 0 Å². The predicted octanol–water partition coefficient (Wildman–Crippen LogP) is 11.6. The molecule has 0 aliphatic rings. The summed E-state index contributed by atoms with van der Waals surface area (Å²) in [5.74, 6) is 0.809. The lowest BCUT2D eigenvalue weighted by atomic mass is 10.0. The molecular formula is C39H24N2OS. The molecule has 0 saturated heterocycles. The summed E-state index contributed by atoms with van der Waals surface area (Å²) in [6, 6.07) is 51.5. The molecule has 43 heavy (non-hydrogen) atoms. The monoisotopic (exact) mass is 568 g/mol. The summed E-state index contributed by atoms with van der Waals surface area (Å²) < 4.78 is 8.92. The van der Waals surface area contributed by atoms with Crippen LogP contribution in [0.2, 0.25) is 0 Å². The van der Waals surface area contributed by atoms with Gasteiger partial charge in [-0.1, -0.05) is 91.0 Å². The van der Waals surface area contributed by atoms with E-state index in [1.165, 1.54) is 36.7 Å². The molecule has 3 aromatic heterocycles. The first-order valence-electron chi connectivity index (χ1n) is 14.4. The normalized spacial score (nSPS) is 11.7. The molecule has 0 aliphatic heterocycles. The first kappa shape index (κ1) is 24.2. The lowest BCUT2D eigenvalue weighted by Crippen LogP contribution is -2.11. The van der Waals surface area contributed by atoms with E-state index in [9.17, 15) is 0 Å². The van der Waals surface area contributed by atoms with E-state index in [0.717, 1.165) is 38.9 Å². The third-order valence-electron chi connectivity index (χ3n) is 8.27. The second kappa shape index (κ2) is 9.55. The molecule has 0 atom stereocenters. The second-order valence-corrected chi connectivity index (χ2v) is 11.9. The van der Waals surface area contributed by atoms with Crippen LogP contribution in [-0.4, -0.2) is 4.98 Å². The van der Waals surface area contributed by atoms with Gasteiger partial charge in [0.25, 0.3) is 0 Å². The van der Waals surface area contributed by atoms with Crippen molar-refractivity contribution in [2.45, 2.75) is 0 Å². The molecule has 6 aromatic carbocycles. The van der Waals surface area contributed by atoms with Crippen LogP contribution in [-0.2, 0) is 0 Å². The predicted molar refractivity (Wildman–Crippen MR) is 182 cm³/mol. The van der Waals surface area contributed by atoms with Gasteiger partial charge in [0.05, 0.1) is 0 Å². The lowest BCUT2D eigenvalue weighted by Gasteiger charge is -2.24. The second-order valence-electron chi connectivity index (χ2n) is 10.8. The molecule has 0 amide bonds. The summed E-state index contributed by atoms with van der Waals surface area (Å²) >= 11 is 1.82. The summed E-state index contributed by atoms with van der Waals surface area (Å²) in [4.78, 5) is 7.35. The maximum atomic E-state index is 6.37. The van der Waals surface area contributed by atoms with Gasteiger partial charge >= 0.3 is 0 Å². The van der Waals surface area contributed by atoms with Crippen molar-refractivity contribution in [3.63, 3.8) is 0 Å². The fourth-order valence-corrected chi connectivity index (χ4v) is 7.30. The molecular weight excluding hydrogens is 545 g/mol. The van der Waals surface area contributed by atoms with Crippen LogP contribution >= 0.6 is 11.3 Å². The lowest BCUT2D eigenvalue weighted by molar-refractivity contribution is 0.655. The van der Waals surface area contributed by atoms with Crippen molar-refractivity contribution in [2.75, 3.05) is 4.90 Å². The Morgan fingerprint density at radius 3 is 2.02 bits per heavy atom. The smallest absolute Gasteiger partial charge is 0.229 e. The van der Waals surface area contributed by atoms with Crippen LogP contribution in [0, 0.1) is 0 Å². The average Bonchev–Trinajstić information content (AvgIpc) is 3.61. The number of hydrogen-bond acceptors (Lipinski definition) is 4. The van der Waals surface area contributed by atoms with Crippen LogP contribution in [0.25, 0.3) is 64.1 Å². The van der Waals surface area contributed by atoms with Crippen LogP contribution in [0.4, 0.5) is 17.2 Å². The van der Waals surface area contributed by atoms with Crippen LogP contribution in [0.3, 0.4) is 0 Å². The number of fused-ring (bicyclic) bond motifs is 7. The average molecular weight is 569 g/mol. The van der Waals surface area contributed by atoms with Crippen LogP contribution in [0.5, 0.6) is 0 Å². The molecule has 0 radical (unpaired) electrons. The number of furan rings is 1. The van der Waals surface area contributed by atoms with Gasteiger partial charge in [0.15, 0.2) is 0 Å². The fourth-order valence-electron chi connectivity index (χ4n) is 6.16. The number of pyridine rings is 1. The van der Waals surface area contributed by atoms with Gasteiger partial charge < -0.3 is 4.42 Å². The van der Waals surface area contributed by atoms with Crippen LogP contribution < -0.4 is 4.90 Å². The van der Waals surface area contributed by atoms with E-state index in [4.69, 9.17) is 9.40 Å². The Morgan fingerprint density at radius 2 is 1.16 bits per heavy atom. The summed E-state index contributed by atoms with van der Waals surface area (Å²) in [5, 5.41) is 7.02. The molecule has 0 unspecified atom stereocenters. The molecule has 4 heteroatoms. The van der Waals surface area contributed by atoms with Gasteiger partial charge in [-0.05, 0) is 76.5 Å². The third-order valence-corrected chi connectivity index (χ3v) is 9.41. The number of aromatic nitrogens is 1. The van der Waals surface area contributed by atoms with Crippen molar-refractivity contribution in [3.8, 4) is 11.1 Å². The Hall–Kier alpha value is -5.45. The van der Waals surface area contributed by atoms with Gasteiger partial charge in [0, 0.05) is 42.3 Å². The van der Waals surface area contributed by atoms with Crippen molar-refractivity contribution in [1.29, 1.82) is 0 Å². The van der Waals surface area contributed by atoms with Crippen molar-refractivity contribution >= 4 is 81.5 Å². The highest BCUT2D eigenvalue weighted by atomic mass is 32.1. The minimum absolute atomic E-state index is 0.636. The zero-order valence-electron chi connectivity index (χ0n) is 23.1. The molecule has 0 spiro atoms. The number of hydrogen-bond donors (Lipinski definition) is 0. The molecule has 0 saturated carbocycles. The van der Waals surface area contributed by atoms with Crippen LogP contribution in [0.15, 0.2) is 150 Å². The van der Waals surface area contributed by atoms with E-state index >= 15 is 0 Å². The Labute approximate surface area is 251 Å². The van der Waals surface area contributed by atoms with Gasteiger partial charge in [-0.15, -0.1) is 11.3 Å². The van der Waals surface area contributed by atoms with E-state index in [2.05, 4.69) is 144 Å². The molecule has 0 fully saturated rings. The standard InChI is InChI=1S/C39H24N2OS/c1-2-8-25(9-3-1)26-14-16-29(17-15-26)41(30-18-19-32-31-12-6-7-13-36(31)43-37(32)24-30)38-21-20-33-34-22-27-10-4-5-11-28(27)23-35(34)42-39(33)40-38/h1-24H. The maximum Gasteiger partial charge on any atom is 0.229 e. The summed E-state index contributed by atoms with van der Waals surface area (Å²) in [5.41, 5.74) is 5.95. The molecule has 0 aliphatic carbocycles. The number of benzene rings is 6. The number of thiophene rings is 1. The van der Waals surface area contributed by atoms with Crippen molar-refractivity contribution in [1.82, 2.24) is 4.98 Å². The minimum Gasteiger partial charge on any atom is -0.438 e. The Kier molecular flexibility index (Phi) is 5.37. The first-order chi connectivity index (χ1) is 21.3. The molecule has 9 aromatic rings. The molecule has 9 rings (SSSR count). The maximum absolute atomic E-state index is 6.37. The number of anilines is 3. The SMILES string of the molecule is c1ccc(-c2ccc(N(c3ccc4c(c3)sc3ccccc34)c3ccc4c(n3)oc3cc5ccccc5cc34)cc2)cc1. The highest BCUT2D eigenvalue weighted by Gasteiger charge is 2.18. The highest BCUT2D eigenvalue weighted by molar-refractivity contribution is 7.25. The zero-order valence-corrected chi connectivity index (χ0v) is 23.9. The summed E-state index contributed by atoms with van der Waals surface area (Å²) in [7, 11) is 0. The molecule has 0 bridgehead atoms. The summed E-state index contributed by atoms with van der Waals surface area (Å²) in [6.45, 7) is 0. The molecule has 3 nitrogen and oxygen atoms in total. The van der Waals surface area contributed by atoms with E-state index in [0.29, 0.717) is 5.71 Å². The number of nitrogens with zero attached hydrogens (tertiary/aromatic N) is 2. The van der Waals surface area contributed by atoms with E-state index < -0.39 is 0 Å². The fraction of sp³-hybridized carbons (Fsp3) is 0. The van der Waals surface area contributed by atoms with Crippen molar-refractivity contribution < 1.29 is 4.42 Å². The van der Waals surface area contributed by atoms with Crippen molar-refractivity contribution in [3.05, 3.63) is 146 Å². The largest absolute Gasteiger partial charge is 0.438 e. The quantitative estimate of drug-likeness (QED) is 0.211. The van der Waals surface area contributed by atoms with Crippen LogP contribution in [0.1, 0.15) is 0 Å².